The molecule has 110 valence electrons. The summed E-state index contributed by atoms with van der Waals surface area (Å²) in [6, 6.07) is 20.1. The Kier molecular flexibility index (Phi) is 7.78. The lowest BCUT2D eigenvalue weighted by Crippen LogP contribution is -1.83. The van der Waals surface area contributed by atoms with Crippen LogP contribution in [0.4, 0.5) is 0 Å². The average molecular weight is 286 g/mol. The smallest absolute Gasteiger partial charge is 0.0118 e. The molecule has 0 bridgehead atoms. The van der Waals surface area contributed by atoms with Crippen molar-refractivity contribution in [3.8, 4) is 0 Å². The molecule has 0 nitrogen and oxygen atoms in total. The largest absolute Gasteiger partial charge is 0.0985 e. The number of hydrogen-bond donors (Lipinski definition) is 0. The molecule has 0 aliphatic rings. The lowest BCUT2D eigenvalue weighted by atomic mass is 10.00. The Hall–Kier alpha value is -2.86. The van der Waals surface area contributed by atoms with Gasteiger partial charge in [-0.3, -0.25) is 0 Å². The van der Waals surface area contributed by atoms with Crippen LogP contribution in [0.15, 0.2) is 111 Å². The van der Waals surface area contributed by atoms with E-state index in [4.69, 9.17) is 0 Å². The molecule has 2 aromatic rings. The summed E-state index contributed by atoms with van der Waals surface area (Å²) in [5, 5.41) is 0. The van der Waals surface area contributed by atoms with E-state index in [1.807, 2.05) is 72.8 Å². The summed E-state index contributed by atoms with van der Waals surface area (Å²) in [5.41, 5.74) is 4.38. The molecule has 0 saturated carbocycles. The molecule has 0 amide bonds. The molecule has 0 saturated heterocycles. The third-order valence-corrected chi connectivity index (χ3v) is 3.08. The molecule has 0 aliphatic heterocycles. The molecular weight excluding hydrogens is 264 g/mol. The van der Waals surface area contributed by atoms with E-state index in [2.05, 4.69) is 26.3 Å². The van der Waals surface area contributed by atoms with Crippen molar-refractivity contribution in [1.29, 1.82) is 0 Å². The van der Waals surface area contributed by atoms with Crippen LogP contribution in [0.25, 0.3) is 11.6 Å². The summed E-state index contributed by atoms with van der Waals surface area (Å²) in [5.74, 6) is 0. The monoisotopic (exact) mass is 286 g/mol. The maximum absolute atomic E-state index is 3.80. The third-order valence-electron chi connectivity index (χ3n) is 3.08. The molecule has 0 atom stereocenters. The Morgan fingerprint density at radius 2 is 1.14 bits per heavy atom. The normalized spacial score (nSPS) is 8.73. The lowest BCUT2D eigenvalue weighted by Gasteiger charge is -2.05. The van der Waals surface area contributed by atoms with Crippen molar-refractivity contribution in [3.63, 3.8) is 0 Å². The Morgan fingerprint density at radius 1 is 0.636 bits per heavy atom. The molecule has 0 aliphatic carbocycles. The van der Waals surface area contributed by atoms with Gasteiger partial charge in [0.15, 0.2) is 0 Å². The molecular formula is C22H22. The standard InChI is InChI=1S/C14H14.C8H8/c1-4-12(5-2)14(6-3)13-10-8-7-9-11-13;1-2-8-6-4-3-5-7-8/h4-11H,1-3H2;2-7H,1H2. The Bertz CT molecular complexity index is 633. The van der Waals surface area contributed by atoms with Crippen molar-refractivity contribution in [2.75, 3.05) is 0 Å². The van der Waals surface area contributed by atoms with E-state index in [-0.39, 0.29) is 0 Å². The first kappa shape index (κ1) is 17.2. The molecule has 2 aromatic carbocycles. The second kappa shape index (κ2) is 9.95. The molecule has 2 rings (SSSR count). The van der Waals surface area contributed by atoms with Crippen LogP contribution in [0.1, 0.15) is 11.1 Å². The van der Waals surface area contributed by atoms with Crippen LogP contribution in [0.2, 0.25) is 0 Å². The van der Waals surface area contributed by atoms with E-state index in [0.29, 0.717) is 0 Å². The minimum absolute atomic E-state index is 1.01. The van der Waals surface area contributed by atoms with Gasteiger partial charge < -0.3 is 0 Å². The number of allylic oxidation sites excluding steroid dienone is 5. The number of benzene rings is 2. The summed E-state index contributed by atoms with van der Waals surface area (Å²) in [7, 11) is 0. The van der Waals surface area contributed by atoms with Gasteiger partial charge >= 0.3 is 0 Å². The van der Waals surface area contributed by atoms with Crippen molar-refractivity contribution in [3.05, 3.63) is 122 Å². The lowest BCUT2D eigenvalue weighted by molar-refractivity contribution is 1.59. The van der Waals surface area contributed by atoms with Crippen LogP contribution in [0.5, 0.6) is 0 Å². The first-order chi connectivity index (χ1) is 10.8. The van der Waals surface area contributed by atoms with Crippen molar-refractivity contribution in [2.24, 2.45) is 0 Å². The summed E-state index contributed by atoms with van der Waals surface area (Å²) >= 11 is 0. The highest BCUT2D eigenvalue weighted by Crippen LogP contribution is 2.20. The molecule has 0 unspecified atom stereocenters. The average Bonchev–Trinajstić information content (AvgIpc) is 2.61. The first-order valence-electron chi connectivity index (χ1n) is 7.11. The predicted octanol–water partition coefficient (Wildman–Crippen LogP) is 6.33. The van der Waals surface area contributed by atoms with E-state index in [9.17, 15) is 0 Å². The van der Waals surface area contributed by atoms with E-state index in [1.54, 1.807) is 12.2 Å². The van der Waals surface area contributed by atoms with Crippen molar-refractivity contribution in [2.45, 2.75) is 0 Å². The molecule has 0 N–H and O–H groups in total. The SMILES string of the molecule is C=CC(C=C)=C(C=C)c1ccccc1.C=Cc1ccccc1. The minimum Gasteiger partial charge on any atom is -0.0985 e. The van der Waals surface area contributed by atoms with Crippen molar-refractivity contribution < 1.29 is 0 Å². The highest BCUT2D eigenvalue weighted by molar-refractivity contribution is 5.79. The number of hydrogen-bond acceptors (Lipinski definition) is 0. The first-order valence-corrected chi connectivity index (χ1v) is 7.11. The summed E-state index contributed by atoms with van der Waals surface area (Å²) in [6.45, 7) is 14.9. The fourth-order valence-electron chi connectivity index (χ4n) is 1.91. The van der Waals surface area contributed by atoms with Gasteiger partial charge in [0, 0.05) is 0 Å². The third kappa shape index (κ3) is 5.26. The second-order valence-electron chi connectivity index (χ2n) is 4.46. The van der Waals surface area contributed by atoms with Gasteiger partial charge in [-0.2, -0.15) is 0 Å². The van der Waals surface area contributed by atoms with Gasteiger partial charge in [-0.15, -0.1) is 0 Å². The van der Waals surface area contributed by atoms with Crippen LogP contribution < -0.4 is 0 Å². The van der Waals surface area contributed by atoms with Gasteiger partial charge in [0.2, 0.25) is 0 Å². The van der Waals surface area contributed by atoms with Gasteiger partial charge in [-0.05, 0) is 22.3 Å². The highest BCUT2D eigenvalue weighted by Gasteiger charge is 1.99. The minimum atomic E-state index is 1.01. The zero-order valence-corrected chi connectivity index (χ0v) is 12.9. The van der Waals surface area contributed by atoms with Crippen LogP contribution in [-0.4, -0.2) is 0 Å². The van der Waals surface area contributed by atoms with Crippen LogP contribution in [0.3, 0.4) is 0 Å². The van der Waals surface area contributed by atoms with Crippen LogP contribution in [0, 0.1) is 0 Å². The van der Waals surface area contributed by atoms with Gasteiger partial charge in [0.1, 0.15) is 0 Å². The Labute approximate surface area is 134 Å². The Morgan fingerprint density at radius 3 is 1.50 bits per heavy atom. The maximum Gasteiger partial charge on any atom is -0.0118 e. The zero-order valence-electron chi connectivity index (χ0n) is 12.9. The van der Waals surface area contributed by atoms with Gasteiger partial charge in [-0.25, -0.2) is 0 Å². The van der Waals surface area contributed by atoms with Crippen molar-refractivity contribution >= 4 is 11.6 Å². The van der Waals surface area contributed by atoms with Crippen molar-refractivity contribution in [1.82, 2.24) is 0 Å². The summed E-state index contributed by atoms with van der Waals surface area (Å²) in [4.78, 5) is 0. The fourth-order valence-corrected chi connectivity index (χ4v) is 1.91. The van der Waals surface area contributed by atoms with Gasteiger partial charge in [-0.1, -0.05) is 111 Å². The van der Waals surface area contributed by atoms with E-state index in [1.165, 1.54) is 5.56 Å². The Balaban J connectivity index is 0.000000255. The van der Waals surface area contributed by atoms with Crippen LogP contribution in [-0.2, 0) is 0 Å². The van der Waals surface area contributed by atoms with Gasteiger partial charge in [0.05, 0.1) is 0 Å². The van der Waals surface area contributed by atoms with E-state index in [0.717, 1.165) is 16.7 Å². The second-order valence-corrected chi connectivity index (χ2v) is 4.46. The molecule has 0 spiro atoms. The van der Waals surface area contributed by atoms with E-state index < -0.39 is 0 Å². The quantitative estimate of drug-likeness (QED) is 0.563. The van der Waals surface area contributed by atoms with Gasteiger partial charge in [0.25, 0.3) is 0 Å². The molecule has 0 fully saturated rings. The maximum atomic E-state index is 3.80. The summed E-state index contributed by atoms with van der Waals surface area (Å²) < 4.78 is 0. The van der Waals surface area contributed by atoms with Crippen LogP contribution >= 0.6 is 0 Å². The topological polar surface area (TPSA) is 0 Å². The molecule has 0 radical (unpaired) electrons. The predicted molar refractivity (Wildman–Crippen MR) is 100 cm³/mol. The fraction of sp³-hybridized carbons (Fsp3) is 0. The number of rotatable bonds is 5. The molecule has 22 heavy (non-hydrogen) atoms. The highest BCUT2D eigenvalue weighted by atomic mass is 14.0. The molecule has 0 heteroatoms. The molecule has 0 aromatic heterocycles. The van der Waals surface area contributed by atoms with E-state index >= 15 is 0 Å². The molecule has 0 heterocycles. The zero-order chi connectivity index (χ0) is 16.2. The summed E-state index contributed by atoms with van der Waals surface area (Å²) in [6.07, 6.45) is 7.24.